The summed E-state index contributed by atoms with van der Waals surface area (Å²) in [6.07, 6.45) is 1.45. The second kappa shape index (κ2) is 14.5. The van der Waals surface area contributed by atoms with Crippen molar-refractivity contribution in [2.45, 2.75) is 66.7 Å². The predicted molar refractivity (Wildman–Crippen MR) is 193 cm³/mol. The average molecular weight is 735 g/mol. The monoisotopic (exact) mass is 733 g/mol. The molecular weight excluding hydrogens is 697 g/mol. The fourth-order valence-corrected chi connectivity index (χ4v) is 9.18. The molecule has 4 aromatic carbocycles. The minimum atomic E-state index is -4.06. The molecule has 1 unspecified atom stereocenters. The van der Waals surface area contributed by atoms with Crippen LogP contribution in [0.4, 0.5) is 0 Å². The number of benzene rings is 4. The van der Waals surface area contributed by atoms with E-state index in [9.17, 15) is 27.6 Å². The lowest BCUT2D eigenvalue weighted by atomic mass is 9.94. The number of carbonyl (C=O) groups excluding carboxylic acids is 4. The number of hydrogen-bond acceptors (Lipinski definition) is 6. The number of nitrogens with one attached hydrogen (secondary N) is 2. The Kier molecular flexibility index (Phi) is 10.3. The zero-order valence-corrected chi connectivity index (χ0v) is 29.7. The number of fused-ring (bicyclic) bond motifs is 1. The fraction of sp³-hybridized carbons (Fsp3) is 0.316. The summed E-state index contributed by atoms with van der Waals surface area (Å²) in [4.78, 5) is 55.8. The molecule has 0 radical (unpaired) electrons. The van der Waals surface area contributed by atoms with E-state index in [1.807, 2.05) is 42.5 Å². The van der Waals surface area contributed by atoms with E-state index in [0.29, 0.717) is 24.3 Å². The third kappa shape index (κ3) is 7.02. The van der Waals surface area contributed by atoms with Gasteiger partial charge in [0.2, 0.25) is 17.6 Å². The summed E-state index contributed by atoms with van der Waals surface area (Å²) in [7, 11) is -4.06. The van der Waals surface area contributed by atoms with Gasteiger partial charge in [-0.2, -0.15) is 0 Å². The van der Waals surface area contributed by atoms with Crippen LogP contribution in [0.1, 0.15) is 43.7 Å². The topological polar surface area (TPSA) is 130 Å². The van der Waals surface area contributed by atoms with Crippen LogP contribution in [-0.2, 0) is 40.9 Å². The number of carbonyl (C=O) groups is 4. The summed E-state index contributed by atoms with van der Waals surface area (Å²) in [5.41, 5.74) is 0.830. The SMILES string of the molecule is CCC(NC(=O)[C@@H]1C[C@@H](S(=O)(=O)c2ccccc2Cl)CN1C(=O)C1(c2ccc(Cl)cc2)CC1)C(=O)C(=O)NCCc1cccc2ccccc12. The molecule has 260 valence electrons. The van der Waals surface area contributed by atoms with Crippen LogP contribution in [-0.4, -0.2) is 67.2 Å². The van der Waals surface area contributed by atoms with Crippen molar-refractivity contribution in [3.05, 3.63) is 112 Å². The maximum Gasteiger partial charge on any atom is 0.289 e. The summed E-state index contributed by atoms with van der Waals surface area (Å²) in [6.45, 7) is 1.63. The van der Waals surface area contributed by atoms with E-state index in [4.69, 9.17) is 23.2 Å². The van der Waals surface area contributed by atoms with E-state index in [1.54, 1.807) is 43.3 Å². The van der Waals surface area contributed by atoms with E-state index < -0.39 is 50.2 Å². The number of halogens is 2. The lowest BCUT2D eigenvalue weighted by molar-refractivity contribution is -0.143. The normalized spacial score (nSPS) is 18.7. The van der Waals surface area contributed by atoms with Gasteiger partial charge in [-0.05, 0) is 78.3 Å². The molecule has 1 saturated heterocycles. The second-order valence-corrected chi connectivity index (χ2v) is 15.9. The van der Waals surface area contributed by atoms with Gasteiger partial charge in [-0.15, -0.1) is 0 Å². The molecule has 1 aliphatic heterocycles. The highest BCUT2D eigenvalue weighted by Gasteiger charge is 2.57. The van der Waals surface area contributed by atoms with Gasteiger partial charge in [0.15, 0.2) is 9.84 Å². The van der Waals surface area contributed by atoms with Crippen LogP contribution in [0.3, 0.4) is 0 Å². The Bertz CT molecular complexity index is 2060. The van der Waals surface area contributed by atoms with Crippen LogP contribution in [0.2, 0.25) is 10.0 Å². The third-order valence-corrected chi connectivity index (χ3v) is 12.7. The van der Waals surface area contributed by atoms with Gasteiger partial charge >= 0.3 is 0 Å². The lowest BCUT2D eigenvalue weighted by Crippen LogP contribution is -2.54. The molecule has 1 saturated carbocycles. The van der Waals surface area contributed by atoms with Crippen molar-refractivity contribution in [1.29, 1.82) is 0 Å². The molecule has 2 N–H and O–H groups in total. The van der Waals surface area contributed by atoms with Gasteiger partial charge in [-0.3, -0.25) is 19.2 Å². The second-order valence-electron chi connectivity index (χ2n) is 12.9. The number of nitrogens with zero attached hydrogens (tertiary/aromatic N) is 1. The quantitative estimate of drug-likeness (QED) is 0.187. The summed E-state index contributed by atoms with van der Waals surface area (Å²) < 4.78 is 27.7. The molecule has 3 atom stereocenters. The number of ketones is 1. The third-order valence-electron chi connectivity index (χ3n) is 9.79. The van der Waals surface area contributed by atoms with Gasteiger partial charge in [0.05, 0.1) is 26.6 Å². The Morgan fingerprint density at radius 3 is 2.28 bits per heavy atom. The van der Waals surface area contributed by atoms with Crippen molar-refractivity contribution >= 4 is 67.3 Å². The Labute approximate surface area is 301 Å². The molecule has 0 aromatic heterocycles. The van der Waals surface area contributed by atoms with Crippen molar-refractivity contribution < 1.29 is 27.6 Å². The highest BCUT2D eigenvalue weighted by Crippen LogP contribution is 2.51. The first-order chi connectivity index (χ1) is 24.0. The molecule has 6 rings (SSSR count). The highest BCUT2D eigenvalue weighted by molar-refractivity contribution is 7.92. The molecule has 12 heteroatoms. The number of likely N-dealkylation sites (tertiary alicyclic amines) is 1. The van der Waals surface area contributed by atoms with Crippen LogP contribution in [0.25, 0.3) is 10.8 Å². The Balaban J connectivity index is 1.19. The Hall–Kier alpha value is -4.25. The zero-order chi connectivity index (χ0) is 35.6. The first-order valence-electron chi connectivity index (χ1n) is 16.6. The molecule has 2 fully saturated rings. The van der Waals surface area contributed by atoms with Crippen LogP contribution in [0, 0.1) is 0 Å². The molecule has 4 aromatic rings. The molecule has 3 amide bonds. The van der Waals surface area contributed by atoms with E-state index in [-0.39, 0.29) is 41.8 Å². The van der Waals surface area contributed by atoms with Crippen molar-refractivity contribution in [3.8, 4) is 0 Å². The molecule has 1 heterocycles. The molecule has 2 aliphatic rings. The molecule has 1 aliphatic carbocycles. The van der Waals surface area contributed by atoms with Crippen molar-refractivity contribution in [2.75, 3.05) is 13.1 Å². The zero-order valence-electron chi connectivity index (χ0n) is 27.4. The Morgan fingerprint density at radius 1 is 0.900 bits per heavy atom. The first-order valence-corrected chi connectivity index (χ1v) is 18.9. The van der Waals surface area contributed by atoms with Gasteiger partial charge in [-0.25, -0.2) is 8.42 Å². The van der Waals surface area contributed by atoms with Crippen LogP contribution < -0.4 is 10.6 Å². The van der Waals surface area contributed by atoms with Crippen molar-refractivity contribution in [3.63, 3.8) is 0 Å². The number of sulfone groups is 1. The minimum absolute atomic E-state index is 0.0428. The highest BCUT2D eigenvalue weighted by atomic mass is 35.5. The standard InChI is InChI=1S/C38H37Cl2N3O6S/c1-2-31(34(44)36(46)41-21-18-25-10-7-9-24-8-3-4-11-29(24)25)42-35(45)32-22-28(50(48,49)33-13-6-5-12-30(33)40)23-43(32)37(47)38(19-20-38)26-14-16-27(39)17-15-26/h3-17,28,31-32H,2,18-23H2,1H3,(H,41,46)(H,42,45)/t28-,31?,32+/m1/s1. The molecular formula is C38H37Cl2N3O6S. The van der Waals surface area contributed by atoms with Gasteiger partial charge in [0, 0.05) is 18.1 Å². The summed E-state index contributed by atoms with van der Waals surface area (Å²) in [6, 6.07) is 24.4. The number of hydrogen-bond donors (Lipinski definition) is 2. The minimum Gasteiger partial charge on any atom is -0.349 e. The Morgan fingerprint density at radius 2 is 1.58 bits per heavy atom. The predicted octanol–water partition coefficient (Wildman–Crippen LogP) is 5.44. The first kappa shape index (κ1) is 35.6. The molecule has 9 nitrogen and oxygen atoms in total. The van der Waals surface area contributed by atoms with E-state index in [2.05, 4.69) is 10.6 Å². The average Bonchev–Trinajstić information content (AvgIpc) is 3.80. The number of rotatable bonds is 12. The number of Topliss-reactive ketones (excluding diaryl/α,β-unsaturated/α-hetero) is 1. The van der Waals surface area contributed by atoms with E-state index in [1.165, 1.54) is 17.0 Å². The largest absolute Gasteiger partial charge is 0.349 e. The maximum atomic E-state index is 14.3. The maximum absolute atomic E-state index is 14.3. The summed E-state index contributed by atoms with van der Waals surface area (Å²) in [5.74, 6) is -2.74. The van der Waals surface area contributed by atoms with Gasteiger partial charge in [-0.1, -0.05) is 96.9 Å². The van der Waals surface area contributed by atoms with Crippen LogP contribution >= 0.6 is 23.2 Å². The summed E-state index contributed by atoms with van der Waals surface area (Å²) in [5, 5.41) is 6.90. The lowest BCUT2D eigenvalue weighted by Gasteiger charge is -2.29. The van der Waals surface area contributed by atoms with Crippen molar-refractivity contribution in [2.24, 2.45) is 0 Å². The van der Waals surface area contributed by atoms with Gasteiger partial charge in [0.25, 0.3) is 5.91 Å². The van der Waals surface area contributed by atoms with Gasteiger partial charge < -0.3 is 15.5 Å². The fourth-order valence-electron chi connectivity index (χ4n) is 6.83. The number of amides is 3. The van der Waals surface area contributed by atoms with E-state index >= 15 is 0 Å². The smallest absolute Gasteiger partial charge is 0.289 e. The van der Waals surface area contributed by atoms with Gasteiger partial charge in [0.1, 0.15) is 6.04 Å². The molecule has 50 heavy (non-hydrogen) atoms. The van der Waals surface area contributed by atoms with Crippen molar-refractivity contribution in [1.82, 2.24) is 15.5 Å². The van der Waals surface area contributed by atoms with Crippen LogP contribution in [0.15, 0.2) is 95.9 Å². The molecule has 0 bridgehead atoms. The van der Waals surface area contributed by atoms with Crippen LogP contribution in [0.5, 0.6) is 0 Å². The van der Waals surface area contributed by atoms with E-state index in [0.717, 1.165) is 21.9 Å². The molecule has 0 spiro atoms. The summed E-state index contributed by atoms with van der Waals surface area (Å²) >= 11 is 12.4.